The van der Waals surface area contributed by atoms with Gasteiger partial charge in [0.25, 0.3) is 0 Å². The van der Waals surface area contributed by atoms with Crippen LogP contribution in [0, 0.1) is 0 Å². The minimum Gasteiger partial charge on any atom is -0.487 e. The molecule has 0 unspecified atom stereocenters. The highest BCUT2D eigenvalue weighted by Crippen LogP contribution is 2.23. The number of hydrogen-bond acceptors (Lipinski definition) is 4. The molecular formula is C15H17NO4. The van der Waals surface area contributed by atoms with Crippen LogP contribution in [0.2, 0.25) is 0 Å². The number of amides is 1. The highest BCUT2D eigenvalue weighted by molar-refractivity contribution is 6.03. The summed E-state index contributed by atoms with van der Waals surface area (Å²) in [6, 6.07) is 7.00. The van der Waals surface area contributed by atoms with Gasteiger partial charge in [0.2, 0.25) is 5.91 Å². The summed E-state index contributed by atoms with van der Waals surface area (Å²) in [7, 11) is 0. The molecule has 0 heterocycles. The van der Waals surface area contributed by atoms with Crippen molar-refractivity contribution in [2.45, 2.75) is 6.92 Å². The zero-order valence-electron chi connectivity index (χ0n) is 11.3. The van der Waals surface area contributed by atoms with Gasteiger partial charge in [0.1, 0.15) is 12.4 Å². The third kappa shape index (κ3) is 5.39. The molecule has 0 aliphatic carbocycles. The first kappa shape index (κ1) is 15.5. The van der Waals surface area contributed by atoms with Gasteiger partial charge in [-0.2, -0.15) is 0 Å². The van der Waals surface area contributed by atoms with E-state index in [0.717, 1.165) is 12.2 Å². The molecule has 106 valence electrons. The first-order valence-corrected chi connectivity index (χ1v) is 6.16. The monoisotopic (exact) mass is 275 g/mol. The first-order valence-electron chi connectivity index (χ1n) is 6.16. The molecule has 0 atom stereocenters. The van der Waals surface area contributed by atoms with E-state index in [1.54, 1.807) is 37.3 Å². The van der Waals surface area contributed by atoms with Gasteiger partial charge in [-0.3, -0.25) is 4.79 Å². The molecule has 1 aromatic carbocycles. The molecule has 1 amide bonds. The molecule has 1 aromatic rings. The summed E-state index contributed by atoms with van der Waals surface area (Å²) in [5.41, 5.74) is 0.521. The molecule has 0 bridgehead atoms. The van der Waals surface area contributed by atoms with Crippen LogP contribution in [0.3, 0.4) is 0 Å². The van der Waals surface area contributed by atoms with Crippen molar-refractivity contribution < 1.29 is 19.1 Å². The number of hydrogen-bond donors (Lipinski definition) is 1. The molecule has 5 nitrogen and oxygen atoms in total. The van der Waals surface area contributed by atoms with Crippen molar-refractivity contribution >= 4 is 17.6 Å². The predicted octanol–water partition coefficient (Wildman–Crippen LogP) is 2.31. The molecule has 0 aliphatic rings. The number of nitrogens with one attached hydrogen (secondary N) is 1. The second-order valence-corrected chi connectivity index (χ2v) is 3.67. The largest absolute Gasteiger partial charge is 0.487 e. The van der Waals surface area contributed by atoms with Gasteiger partial charge < -0.3 is 14.8 Å². The van der Waals surface area contributed by atoms with E-state index in [0.29, 0.717) is 18.0 Å². The minimum absolute atomic E-state index is 0.267. The molecule has 20 heavy (non-hydrogen) atoms. The lowest BCUT2D eigenvalue weighted by molar-refractivity contribution is -0.137. The van der Waals surface area contributed by atoms with Crippen molar-refractivity contribution in [3.05, 3.63) is 49.1 Å². The lowest BCUT2D eigenvalue weighted by Crippen LogP contribution is -2.10. The Hall–Kier alpha value is -2.56. The first-order chi connectivity index (χ1) is 9.67. The number of para-hydroxylation sites is 2. The third-order valence-electron chi connectivity index (χ3n) is 2.16. The fraction of sp³-hybridized carbons (Fsp3) is 0.200. The minimum atomic E-state index is -0.557. The smallest absolute Gasteiger partial charge is 0.330 e. The van der Waals surface area contributed by atoms with Gasteiger partial charge in [-0.15, -0.1) is 0 Å². The number of carbonyl (C=O) groups is 2. The van der Waals surface area contributed by atoms with Crippen LogP contribution in [0.15, 0.2) is 49.1 Å². The molecule has 0 radical (unpaired) electrons. The summed E-state index contributed by atoms with van der Waals surface area (Å²) in [5.74, 6) is -0.461. The summed E-state index contributed by atoms with van der Waals surface area (Å²) < 4.78 is 10.1. The van der Waals surface area contributed by atoms with Crippen LogP contribution >= 0.6 is 0 Å². The summed E-state index contributed by atoms with van der Waals surface area (Å²) in [6.45, 7) is 5.86. The third-order valence-corrected chi connectivity index (χ3v) is 2.16. The number of ether oxygens (including phenoxy) is 2. The van der Waals surface area contributed by atoms with E-state index in [9.17, 15) is 9.59 Å². The standard InChI is InChI=1S/C15H17NO4/c1-3-11-20-13-8-6-5-7-12(13)16-14(17)9-10-15(18)19-4-2/h3,5-10H,1,4,11H2,2H3,(H,16,17)/b10-9+. The highest BCUT2D eigenvalue weighted by atomic mass is 16.5. The Kier molecular flexibility index (Phi) is 6.61. The molecule has 0 aliphatic heterocycles. The highest BCUT2D eigenvalue weighted by Gasteiger charge is 2.05. The fourth-order valence-corrected chi connectivity index (χ4v) is 1.35. The van der Waals surface area contributed by atoms with Gasteiger partial charge in [0.15, 0.2) is 0 Å². The SMILES string of the molecule is C=CCOc1ccccc1NC(=O)/C=C/C(=O)OCC. The quantitative estimate of drug-likeness (QED) is 0.471. The predicted molar refractivity (Wildman–Crippen MR) is 76.5 cm³/mol. The maximum atomic E-state index is 11.7. The van der Waals surface area contributed by atoms with Gasteiger partial charge in [-0.25, -0.2) is 4.79 Å². The van der Waals surface area contributed by atoms with Crippen molar-refractivity contribution in [1.82, 2.24) is 0 Å². The lowest BCUT2D eigenvalue weighted by Gasteiger charge is -2.09. The van der Waals surface area contributed by atoms with Crippen molar-refractivity contribution in [1.29, 1.82) is 0 Å². The number of rotatable bonds is 7. The van der Waals surface area contributed by atoms with E-state index >= 15 is 0 Å². The van der Waals surface area contributed by atoms with Crippen LogP contribution in [0.5, 0.6) is 5.75 Å². The zero-order valence-corrected chi connectivity index (χ0v) is 11.3. The molecule has 1 N–H and O–H groups in total. The summed E-state index contributed by atoms with van der Waals surface area (Å²) in [5, 5.41) is 2.62. The van der Waals surface area contributed by atoms with Gasteiger partial charge in [0.05, 0.1) is 12.3 Å². The van der Waals surface area contributed by atoms with Crippen LogP contribution in [-0.2, 0) is 14.3 Å². The van der Waals surface area contributed by atoms with E-state index in [1.165, 1.54) is 0 Å². The lowest BCUT2D eigenvalue weighted by atomic mass is 10.3. The molecule has 0 spiro atoms. The van der Waals surface area contributed by atoms with Gasteiger partial charge in [0, 0.05) is 12.2 Å². The Morgan fingerprint density at radius 1 is 1.30 bits per heavy atom. The Balaban J connectivity index is 2.65. The van der Waals surface area contributed by atoms with Crippen LogP contribution in [0.25, 0.3) is 0 Å². The van der Waals surface area contributed by atoms with E-state index in [1.807, 2.05) is 0 Å². The summed E-state index contributed by atoms with van der Waals surface area (Å²) in [4.78, 5) is 22.7. The van der Waals surface area contributed by atoms with E-state index in [2.05, 4.69) is 16.6 Å². The number of benzene rings is 1. The summed E-state index contributed by atoms with van der Waals surface area (Å²) in [6.07, 6.45) is 3.80. The van der Waals surface area contributed by atoms with Crippen LogP contribution in [0.1, 0.15) is 6.92 Å². The maximum Gasteiger partial charge on any atom is 0.330 e. The summed E-state index contributed by atoms with van der Waals surface area (Å²) >= 11 is 0. The Morgan fingerprint density at radius 3 is 2.75 bits per heavy atom. The van der Waals surface area contributed by atoms with Gasteiger partial charge >= 0.3 is 5.97 Å². The zero-order chi connectivity index (χ0) is 14.8. The van der Waals surface area contributed by atoms with Crippen molar-refractivity contribution in [3.63, 3.8) is 0 Å². The van der Waals surface area contributed by atoms with E-state index in [4.69, 9.17) is 4.74 Å². The van der Waals surface area contributed by atoms with Crippen LogP contribution in [-0.4, -0.2) is 25.1 Å². The molecular weight excluding hydrogens is 258 g/mol. The van der Waals surface area contributed by atoms with Crippen molar-refractivity contribution in [2.75, 3.05) is 18.5 Å². The molecule has 5 heteroatoms. The Labute approximate surface area is 117 Å². The number of anilines is 1. The number of carbonyl (C=O) groups excluding carboxylic acids is 2. The van der Waals surface area contributed by atoms with Gasteiger partial charge in [-0.05, 0) is 19.1 Å². The average Bonchev–Trinajstić information content (AvgIpc) is 2.44. The van der Waals surface area contributed by atoms with E-state index in [-0.39, 0.29) is 6.61 Å². The normalized spacial score (nSPS) is 10.1. The van der Waals surface area contributed by atoms with Crippen molar-refractivity contribution in [2.24, 2.45) is 0 Å². The topological polar surface area (TPSA) is 64.6 Å². The molecule has 0 fully saturated rings. The fourth-order valence-electron chi connectivity index (χ4n) is 1.35. The second kappa shape index (κ2) is 8.53. The Bertz CT molecular complexity index is 508. The average molecular weight is 275 g/mol. The maximum absolute atomic E-state index is 11.7. The second-order valence-electron chi connectivity index (χ2n) is 3.67. The molecule has 0 saturated heterocycles. The Morgan fingerprint density at radius 2 is 2.05 bits per heavy atom. The van der Waals surface area contributed by atoms with E-state index < -0.39 is 11.9 Å². The van der Waals surface area contributed by atoms with Crippen LogP contribution in [0.4, 0.5) is 5.69 Å². The molecule has 0 aromatic heterocycles. The molecule has 1 rings (SSSR count). The molecule has 0 saturated carbocycles. The van der Waals surface area contributed by atoms with Gasteiger partial charge in [-0.1, -0.05) is 24.8 Å². The van der Waals surface area contributed by atoms with Crippen molar-refractivity contribution in [3.8, 4) is 5.75 Å². The number of esters is 1. The van der Waals surface area contributed by atoms with Crippen LogP contribution < -0.4 is 10.1 Å².